The van der Waals surface area contributed by atoms with Crippen molar-refractivity contribution in [2.75, 3.05) is 13.2 Å². The highest BCUT2D eigenvalue weighted by Gasteiger charge is 2.02. The smallest absolute Gasteiger partial charge is 0.107 e. The molecule has 1 aromatic rings. The molecule has 0 aliphatic heterocycles. The Morgan fingerprint density at radius 3 is 3.00 bits per heavy atom. The molecular weight excluding hydrogens is 244 g/mol. The molecule has 0 unspecified atom stereocenters. The molecule has 1 aromatic heterocycles. The number of hydrogen-bond acceptors (Lipinski definition) is 4. The molecule has 0 atom stereocenters. The zero-order valence-electron chi connectivity index (χ0n) is 11.9. The van der Waals surface area contributed by atoms with Crippen molar-refractivity contribution >= 4 is 11.3 Å². The van der Waals surface area contributed by atoms with E-state index in [0.717, 1.165) is 49.2 Å². The van der Waals surface area contributed by atoms with Crippen LogP contribution in [0.2, 0.25) is 0 Å². The van der Waals surface area contributed by atoms with Crippen LogP contribution in [0.3, 0.4) is 0 Å². The van der Waals surface area contributed by atoms with Crippen molar-refractivity contribution in [1.29, 1.82) is 0 Å². The Hall–Kier alpha value is -0.450. The van der Waals surface area contributed by atoms with Crippen LogP contribution in [0.4, 0.5) is 0 Å². The van der Waals surface area contributed by atoms with E-state index < -0.39 is 0 Å². The summed E-state index contributed by atoms with van der Waals surface area (Å²) in [7, 11) is 0. The Balaban J connectivity index is 2.11. The molecule has 1 N–H and O–H groups in total. The summed E-state index contributed by atoms with van der Waals surface area (Å²) < 4.78 is 5.63. The Labute approximate surface area is 115 Å². The van der Waals surface area contributed by atoms with Gasteiger partial charge in [-0.3, -0.25) is 0 Å². The highest BCUT2D eigenvalue weighted by atomic mass is 32.1. The topological polar surface area (TPSA) is 34.2 Å². The van der Waals surface area contributed by atoms with Crippen LogP contribution in [0.5, 0.6) is 0 Å². The molecular formula is C14H26N2OS. The van der Waals surface area contributed by atoms with Crippen LogP contribution in [-0.2, 0) is 17.9 Å². The van der Waals surface area contributed by atoms with Crippen LogP contribution in [-0.4, -0.2) is 18.1 Å². The van der Waals surface area contributed by atoms with Crippen molar-refractivity contribution in [1.82, 2.24) is 10.3 Å². The van der Waals surface area contributed by atoms with E-state index in [0.29, 0.717) is 6.61 Å². The fourth-order valence-electron chi connectivity index (χ4n) is 1.64. The maximum Gasteiger partial charge on any atom is 0.107 e. The summed E-state index contributed by atoms with van der Waals surface area (Å²) in [4.78, 5) is 4.55. The van der Waals surface area contributed by atoms with Gasteiger partial charge in [0, 0.05) is 18.5 Å². The lowest BCUT2D eigenvalue weighted by Gasteiger charge is -2.04. The van der Waals surface area contributed by atoms with E-state index in [-0.39, 0.29) is 0 Å². The quantitative estimate of drug-likeness (QED) is 0.660. The van der Waals surface area contributed by atoms with Crippen molar-refractivity contribution in [3.63, 3.8) is 0 Å². The minimum atomic E-state index is 0.655. The first-order chi connectivity index (χ1) is 8.72. The Kier molecular flexibility index (Phi) is 8.22. The molecule has 1 rings (SSSR count). The summed E-state index contributed by atoms with van der Waals surface area (Å²) >= 11 is 1.72. The van der Waals surface area contributed by atoms with Crippen molar-refractivity contribution in [3.8, 4) is 0 Å². The molecule has 0 aromatic carbocycles. The number of rotatable bonds is 10. The van der Waals surface area contributed by atoms with Gasteiger partial charge in [-0.1, -0.05) is 20.8 Å². The SMILES string of the molecule is CCCNCc1nc(COCCCC(C)C)cs1. The predicted molar refractivity (Wildman–Crippen MR) is 77.8 cm³/mol. The molecule has 0 fully saturated rings. The number of hydrogen-bond donors (Lipinski definition) is 1. The maximum absolute atomic E-state index is 5.63. The van der Waals surface area contributed by atoms with E-state index >= 15 is 0 Å². The molecule has 0 aliphatic carbocycles. The first-order valence-electron chi connectivity index (χ1n) is 6.94. The molecule has 0 saturated heterocycles. The lowest BCUT2D eigenvalue weighted by molar-refractivity contribution is 0.112. The zero-order valence-corrected chi connectivity index (χ0v) is 12.7. The summed E-state index contributed by atoms with van der Waals surface area (Å²) in [5.74, 6) is 0.768. The highest BCUT2D eigenvalue weighted by molar-refractivity contribution is 7.09. The second-order valence-corrected chi connectivity index (χ2v) is 5.94. The lowest BCUT2D eigenvalue weighted by Crippen LogP contribution is -2.13. The molecule has 0 spiro atoms. The standard InChI is InChI=1S/C14H26N2OS/c1-4-7-15-9-14-16-13(11-18-14)10-17-8-5-6-12(2)3/h11-12,15H,4-10H2,1-3H3. The molecule has 18 heavy (non-hydrogen) atoms. The lowest BCUT2D eigenvalue weighted by atomic mass is 10.1. The van der Waals surface area contributed by atoms with Crippen molar-refractivity contribution < 1.29 is 4.74 Å². The third kappa shape index (κ3) is 7.09. The first kappa shape index (κ1) is 15.6. The second-order valence-electron chi connectivity index (χ2n) is 5.00. The first-order valence-corrected chi connectivity index (χ1v) is 7.82. The Bertz CT molecular complexity index is 312. The van der Waals surface area contributed by atoms with Crippen molar-refractivity contribution in [2.24, 2.45) is 5.92 Å². The van der Waals surface area contributed by atoms with Gasteiger partial charge in [0.2, 0.25) is 0 Å². The van der Waals surface area contributed by atoms with Gasteiger partial charge in [-0.2, -0.15) is 0 Å². The van der Waals surface area contributed by atoms with Gasteiger partial charge in [0.1, 0.15) is 5.01 Å². The van der Waals surface area contributed by atoms with Crippen LogP contribution in [0.15, 0.2) is 5.38 Å². The van der Waals surface area contributed by atoms with Crippen LogP contribution in [0.25, 0.3) is 0 Å². The minimum Gasteiger partial charge on any atom is -0.375 e. The fourth-order valence-corrected chi connectivity index (χ4v) is 2.39. The van der Waals surface area contributed by atoms with Crippen molar-refractivity contribution in [3.05, 3.63) is 16.1 Å². The van der Waals surface area contributed by atoms with Crippen LogP contribution in [0, 0.1) is 5.92 Å². The van der Waals surface area contributed by atoms with Gasteiger partial charge < -0.3 is 10.1 Å². The normalized spacial score (nSPS) is 11.3. The highest BCUT2D eigenvalue weighted by Crippen LogP contribution is 2.11. The van der Waals surface area contributed by atoms with E-state index in [9.17, 15) is 0 Å². The van der Waals surface area contributed by atoms with Crippen LogP contribution < -0.4 is 5.32 Å². The van der Waals surface area contributed by atoms with E-state index in [1.54, 1.807) is 11.3 Å². The largest absolute Gasteiger partial charge is 0.375 e. The molecule has 104 valence electrons. The molecule has 0 amide bonds. The van der Waals surface area contributed by atoms with Gasteiger partial charge in [0.05, 0.1) is 12.3 Å². The van der Waals surface area contributed by atoms with Gasteiger partial charge in [0.15, 0.2) is 0 Å². The number of ether oxygens (including phenoxy) is 1. The van der Waals surface area contributed by atoms with Crippen LogP contribution >= 0.6 is 11.3 Å². The van der Waals surface area contributed by atoms with Gasteiger partial charge >= 0.3 is 0 Å². The van der Waals surface area contributed by atoms with E-state index in [1.807, 2.05) is 0 Å². The number of thiazole rings is 1. The van der Waals surface area contributed by atoms with E-state index in [4.69, 9.17) is 4.74 Å². The average Bonchev–Trinajstić information content (AvgIpc) is 2.77. The molecule has 4 heteroatoms. The van der Waals surface area contributed by atoms with Crippen LogP contribution in [0.1, 0.15) is 50.7 Å². The maximum atomic E-state index is 5.63. The predicted octanol–water partition coefficient (Wildman–Crippen LogP) is 3.60. The second kappa shape index (κ2) is 9.48. The van der Waals surface area contributed by atoms with Gasteiger partial charge in [-0.15, -0.1) is 11.3 Å². The Morgan fingerprint density at radius 1 is 1.44 bits per heavy atom. The minimum absolute atomic E-state index is 0.655. The summed E-state index contributed by atoms with van der Waals surface area (Å²) in [6, 6.07) is 0. The van der Waals surface area contributed by atoms with Gasteiger partial charge in [0.25, 0.3) is 0 Å². The molecule has 0 aliphatic rings. The third-order valence-electron chi connectivity index (χ3n) is 2.62. The van der Waals surface area contributed by atoms with Gasteiger partial charge in [-0.05, 0) is 31.7 Å². The summed E-state index contributed by atoms with van der Waals surface area (Å²) in [6.07, 6.45) is 3.55. The third-order valence-corrected chi connectivity index (χ3v) is 3.52. The molecule has 0 bridgehead atoms. The van der Waals surface area contributed by atoms with Gasteiger partial charge in [-0.25, -0.2) is 4.98 Å². The number of nitrogens with one attached hydrogen (secondary N) is 1. The molecule has 1 heterocycles. The Morgan fingerprint density at radius 2 is 2.28 bits per heavy atom. The number of aromatic nitrogens is 1. The fraction of sp³-hybridized carbons (Fsp3) is 0.786. The molecule has 3 nitrogen and oxygen atoms in total. The summed E-state index contributed by atoms with van der Waals surface area (Å²) in [5, 5.41) is 6.62. The zero-order chi connectivity index (χ0) is 13.2. The molecule has 0 saturated carbocycles. The summed E-state index contributed by atoms with van der Waals surface area (Å²) in [6.45, 7) is 10.1. The molecule has 0 radical (unpaired) electrons. The van der Waals surface area contributed by atoms with Crippen molar-refractivity contribution in [2.45, 2.75) is 53.2 Å². The van der Waals surface area contributed by atoms with E-state index in [2.05, 4.69) is 36.5 Å². The number of nitrogens with zero attached hydrogens (tertiary/aromatic N) is 1. The monoisotopic (exact) mass is 270 g/mol. The summed E-state index contributed by atoms with van der Waals surface area (Å²) in [5.41, 5.74) is 1.07. The van der Waals surface area contributed by atoms with E-state index in [1.165, 1.54) is 6.42 Å². The average molecular weight is 270 g/mol.